The maximum atomic E-state index is 12.4. The summed E-state index contributed by atoms with van der Waals surface area (Å²) in [5, 5.41) is 12.8. The molecule has 1 fully saturated rings. The highest BCUT2D eigenvalue weighted by atomic mass is 35.5. The molecular weight excluding hydrogens is 435 g/mol. The van der Waals surface area contributed by atoms with E-state index in [1.54, 1.807) is 30.5 Å². The van der Waals surface area contributed by atoms with Gasteiger partial charge in [-0.2, -0.15) is 0 Å². The van der Waals surface area contributed by atoms with E-state index in [0.29, 0.717) is 39.0 Å². The molecule has 4 rings (SSSR count). The molecule has 1 unspecified atom stereocenters. The fourth-order valence-corrected chi connectivity index (χ4v) is 4.09. The lowest BCUT2D eigenvalue weighted by Crippen LogP contribution is -2.18. The van der Waals surface area contributed by atoms with E-state index in [1.165, 1.54) is 11.8 Å². The van der Waals surface area contributed by atoms with E-state index in [2.05, 4.69) is 15.5 Å². The Morgan fingerprint density at radius 3 is 2.90 bits per heavy atom. The lowest BCUT2D eigenvalue weighted by atomic mass is 10.2. The number of nitrogens with one attached hydrogen (secondary N) is 1. The number of aromatic nitrogens is 3. The summed E-state index contributed by atoms with van der Waals surface area (Å²) in [4.78, 5) is 12.4. The summed E-state index contributed by atoms with van der Waals surface area (Å²) in [5.41, 5.74) is 0.585. The summed E-state index contributed by atoms with van der Waals surface area (Å²) in [6, 6.07) is 8.59. The summed E-state index contributed by atoms with van der Waals surface area (Å²) in [7, 11) is 0. The van der Waals surface area contributed by atoms with Crippen LogP contribution in [-0.4, -0.2) is 39.1 Å². The van der Waals surface area contributed by atoms with E-state index in [0.717, 1.165) is 19.4 Å². The number of benzene rings is 1. The van der Waals surface area contributed by atoms with Gasteiger partial charge in [-0.15, -0.1) is 10.2 Å². The summed E-state index contributed by atoms with van der Waals surface area (Å²) < 4.78 is 13.2. The Labute approximate surface area is 181 Å². The number of hydrogen-bond acceptors (Lipinski definition) is 6. The Morgan fingerprint density at radius 2 is 2.17 bits per heavy atom. The van der Waals surface area contributed by atoms with E-state index in [-0.39, 0.29) is 17.8 Å². The van der Waals surface area contributed by atoms with Crippen molar-refractivity contribution in [2.45, 2.75) is 30.6 Å². The van der Waals surface area contributed by atoms with Gasteiger partial charge in [-0.25, -0.2) is 0 Å². The van der Waals surface area contributed by atoms with Crippen LogP contribution in [0.1, 0.15) is 12.8 Å². The van der Waals surface area contributed by atoms with Crippen LogP contribution >= 0.6 is 35.0 Å². The number of hydrogen-bond donors (Lipinski definition) is 1. The molecule has 0 radical (unpaired) electrons. The minimum atomic E-state index is -0.181. The van der Waals surface area contributed by atoms with Crippen LogP contribution in [0.3, 0.4) is 0 Å². The lowest BCUT2D eigenvalue weighted by molar-refractivity contribution is -0.113. The number of ether oxygens (including phenoxy) is 1. The zero-order chi connectivity index (χ0) is 20.2. The van der Waals surface area contributed by atoms with Crippen LogP contribution in [0.15, 0.2) is 46.2 Å². The van der Waals surface area contributed by atoms with Gasteiger partial charge < -0.3 is 14.5 Å². The molecule has 2 aromatic heterocycles. The van der Waals surface area contributed by atoms with Crippen molar-refractivity contribution in [1.82, 2.24) is 14.8 Å². The highest BCUT2D eigenvalue weighted by Gasteiger charge is 2.23. The Balaban J connectivity index is 1.46. The molecule has 0 spiro atoms. The molecule has 1 aromatic carbocycles. The van der Waals surface area contributed by atoms with Gasteiger partial charge in [0.05, 0.1) is 34.7 Å². The van der Waals surface area contributed by atoms with Crippen molar-refractivity contribution >= 4 is 46.6 Å². The number of anilines is 1. The Kier molecular flexibility index (Phi) is 6.44. The number of furan rings is 1. The first-order valence-corrected chi connectivity index (χ1v) is 10.8. The molecule has 7 nitrogen and oxygen atoms in total. The first-order chi connectivity index (χ1) is 14.1. The molecule has 1 N–H and O–H groups in total. The average Bonchev–Trinajstić information content (AvgIpc) is 3.45. The van der Waals surface area contributed by atoms with E-state index in [1.807, 2.05) is 10.6 Å². The molecule has 0 aliphatic carbocycles. The van der Waals surface area contributed by atoms with E-state index < -0.39 is 0 Å². The van der Waals surface area contributed by atoms with Crippen molar-refractivity contribution in [2.24, 2.45) is 0 Å². The number of halogens is 2. The molecule has 1 amide bonds. The Bertz CT molecular complexity index is 988. The van der Waals surface area contributed by atoms with Gasteiger partial charge in [-0.3, -0.25) is 9.36 Å². The zero-order valence-corrected chi connectivity index (χ0v) is 17.6. The van der Waals surface area contributed by atoms with Crippen LogP contribution in [0.2, 0.25) is 10.0 Å². The SMILES string of the molecule is O=C(CSc1nnc(-c2ccco2)n1CC1CCCO1)Nc1ccc(Cl)c(Cl)c1. The number of amides is 1. The second kappa shape index (κ2) is 9.21. The van der Waals surface area contributed by atoms with Crippen LogP contribution in [0.25, 0.3) is 11.6 Å². The van der Waals surface area contributed by atoms with Crippen LogP contribution in [0.4, 0.5) is 5.69 Å². The fraction of sp³-hybridized carbons (Fsp3) is 0.316. The van der Waals surface area contributed by atoms with Crippen molar-refractivity contribution in [2.75, 3.05) is 17.7 Å². The van der Waals surface area contributed by atoms with Gasteiger partial charge in [0.15, 0.2) is 10.9 Å². The van der Waals surface area contributed by atoms with Crippen molar-refractivity contribution in [1.29, 1.82) is 0 Å². The fourth-order valence-electron chi connectivity index (χ4n) is 3.04. The summed E-state index contributed by atoms with van der Waals surface area (Å²) in [6.07, 6.45) is 3.72. The van der Waals surface area contributed by atoms with Crippen LogP contribution in [0, 0.1) is 0 Å². The Morgan fingerprint density at radius 1 is 1.28 bits per heavy atom. The molecule has 3 heterocycles. The lowest BCUT2D eigenvalue weighted by Gasteiger charge is -2.14. The third-order valence-corrected chi connectivity index (χ3v) is 6.11. The first kappa shape index (κ1) is 20.3. The first-order valence-electron chi connectivity index (χ1n) is 9.06. The van der Waals surface area contributed by atoms with Crippen molar-refractivity contribution in [3.8, 4) is 11.6 Å². The Hall–Kier alpha value is -2.00. The smallest absolute Gasteiger partial charge is 0.234 e. The molecule has 1 atom stereocenters. The molecule has 0 saturated carbocycles. The standard InChI is InChI=1S/C19H18Cl2N4O3S/c20-14-6-5-12(9-15(14)21)22-17(26)11-29-19-24-23-18(16-4-2-8-28-16)25(19)10-13-3-1-7-27-13/h2,4-6,8-9,13H,1,3,7,10-11H2,(H,22,26). The van der Waals surface area contributed by atoms with E-state index in [4.69, 9.17) is 32.4 Å². The normalized spacial score (nSPS) is 16.3. The van der Waals surface area contributed by atoms with Crippen LogP contribution < -0.4 is 5.32 Å². The highest BCUT2D eigenvalue weighted by molar-refractivity contribution is 7.99. The predicted molar refractivity (Wildman–Crippen MR) is 113 cm³/mol. The molecule has 1 aliphatic rings. The topological polar surface area (TPSA) is 82.2 Å². The van der Waals surface area contributed by atoms with Gasteiger partial charge in [0.25, 0.3) is 0 Å². The van der Waals surface area contributed by atoms with E-state index in [9.17, 15) is 4.79 Å². The molecule has 29 heavy (non-hydrogen) atoms. The minimum Gasteiger partial charge on any atom is -0.461 e. The number of nitrogens with zero attached hydrogens (tertiary/aromatic N) is 3. The predicted octanol–water partition coefficient (Wildman–Crippen LogP) is 4.75. The van der Waals surface area contributed by atoms with Crippen LogP contribution in [-0.2, 0) is 16.1 Å². The number of carbonyl (C=O) groups excluding carboxylic acids is 1. The van der Waals surface area contributed by atoms with Gasteiger partial charge in [-0.05, 0) is 43.2 Å². The van der Waals surface area contributed by atoms with E-state index >= 15 is 0 Å². The molecule has 1 saturated heterocycles. The largest absolute Gasteiger partial charge is 0.461 e. The highest BCUT2D eigenvalue weighted by Crippen LogP contribution is 2.28. The van der Waals surface area contributed by atoms with Crippen LogP contribution in [0.5, 0.6) is 0 Å². The quantitative estimate of drug-likeness (QED) is 0.520. The summed E-state index contributed by atoms with van der Waals surface area (Å²) >= 11 is 13.2. The molecule has 1 aliphatic heterocycles. The third-order valence-electron chi connectivity index (χ3n) is 4.40. The second-order valence-electron chi connectivity index (χ2n) is 6.49. The summed E-state index contributed by atoms with van der Waals surface area (Å²) in [5.74, 6) is 1.24. The molecular formula is C19H18Cl2N4O3S. The zero-order valence-electron chi connectivity index (χ0n) is 15.3. The van der Waals surface area contributed by atoms with Gasteiger partial charge in [0, 0.05) is 12.3 Å². The molecule has 152 valence electrons. The monoisotopic (exact) mass is 452 g/mol. The minimum absolute atomic E-state index is 0.101. The maximum absolute atomic E-state index is 12.4. The van der Waals surface area contributed by atoms with Gasteiger partial charge in [-0.1, -0.05) is 35.0 Å². The van der Waals surface area contributed by atoms with Crippen molar-refractivity contribution in [3.63, 3.8) is 0 Å². The summed E-state index contributed by atoms with van der Waals surface area (Å²) in [6.45, 7) is 1.37. The van der Waals surface area contributed by atoms with Crippen molar-refractivity contribution in [3.05, 3.63) is 46.6 Å². The number of carbonyl (C=O) groups is 1. The number of rotatable bonds is 7. The average molecular weight is 453 g/mol. The third kappa shape index (κ3) is 4.95. The van der Waals surface area contributed by atoms with Gasteiger partial charge in [0.2, 0.25) is 11.7 Å². The molecule has 0 bridgehead atoms. The number of thioether (sulfide) groups is 1. The second-order valence-corrected chi connectivity index (χ2v) is 8.25. The van der Waals surface area contributed by atoms with Gasteiger partial charge >= 0.3 is 0 Å². The van der Waals surface area contributed by atoms with Gasteiger partial charge in [0.1, 0.15) is 0 Å². The molecule has 10 heteroatoms. The van der Waals surface area contributed by atoms with Crippen molar-refractivity contribution < 1.29 is 13.9 Å². The molecule has 3 aromatic rings. The maximum Gasteiger partial charge on any atom is 0.234 e.